The predicted octanol–water partition coefficient (Wildman–Crippen LogP) is 2.00. The monoisotopic (exact) mass is 273 g/mol. The molecule has 20 heavy (non-hydrogen) atoms. The van der Waals surface area contributed by atoms with Gasteiger partial charge in [-0.3, -0.25) is 4.79 Å². The Balaban J connectivity index is 2.61. The summed E-state index contributed by atoms with van der Waals surface area (Å²) < 4.78 is 6.21. The molecule has 0 amide bonds. The number of carbonyl (C=O) groups is 1. The van der Waals surface area contributed by atoms with E-state index in [0.717, 1.165) is 10.9 Å². The first kappa shape index (κ1) is 13.9. The van der Waals surface area contributed by atoms with E-state index in [4.69, 9.17) is 4.74 Å². The van der Waals surface area contributed by atoms with Gasteiger partial charge in [-0.25, -0.2) is 4.79 Å². The smallest absolute Gasteiger partial charge is 0.373 e. The van der Waals surface area contributed by atoms with E-state index in [1.807, 2.05) is 18.2 Å². The molecule has 0 saturated carbocycles. The Hall–Kier alpha value is -2.56. The standard InChI is InChI=1S/C15H15NO4/c1-3-20-15(19)13(17)8-10-9-14(18)16(2)12-7-5-4-6-11(10)12/h4-9,17H,3H2,1-2H3. The van der Waals surface area contributed by atoms with E-state index in [9.17, 15) is 14.7 Å². The van der Waals surface area contributed by atoms with Crippen molar-refractivity contribution in [3.8, 4) is 0 Å². The maximum absolute atomic E-state index is 11.9. The van der Waals surface area contributed by atoms with Gasteiger partial charge in [0.05, 0.1) is 12.1 Å². The largest absolute Gasteiger partial charge is 0.502 e. The average molecular weight is 273 g/mol. The highest BCUT2D eigenvalue weighted by atomic mass is 16.5. The molecule has 1 aromatic heterocycles. The van der Waals surface area contributed by atoms with Crippen molar-refractivity contribution in [1.29, 1.82) is 0 Å². The fourth-order valence-electron chi connectivity index (χ4n) is 1.97. The maximum Gasteiger partial charge on any atom is 0.373 e. The number of pyridine rings is 1. The van der Waals surface area contributed by atoms with Crippen LogP contribution in [0.2, 0.25) is 0 Å². The number of carbonyl (C=O) groups excluding carboxylic acids is 1. The molecule has 0 aliphatic rings. The molecular formula is C15H15NO4. The summed E-state index contributed by atoms with van der Waals surface area (Å²) in [5.41, 5.74) is 0.990. The Labute approximate surface area is 115 Å². The molecule has 0 unspecified atom stereocenters. The molecule has 0 saturated heterocycles. The Morgan fingerprint density at radius 2 is 2.10 bits per heavy atom. The number of para-hydroxylation sites is 1. The van der Waals surface area contributed by atoms with Gasteiger partial charge in [-0.05, 0) is 24.6 Å². The van der Waals surface area contributed by atoms with E-state index in [1.54, 1.807) is 20.0 Å². The minimum absolute atomic E-state index is 0.175. The summed E-state index contributed by atoms with van der Waals surface area (Å²) in [4.78, 5) is 23.3. The third kappa shape index (κ3) is 2.56. The lowest BCUT2D eigenvalue weighted by Crippen LogP contribution is -2.16. The van der Waals surface area contributed by atoms with Crippen LogP contribution < -0.4 is 5.56 Å². The number of ether oxygens (including phenoxy) is 1. The van der Waals surface area contributed by atoms with E-state index in [0.29, 0.717) is 5.56 Å². The second-order valence-electron chi connectivity index (χ2n) is 4.26. The third-order valence-corrected chi connectivity index (χ3v) is 2.96. The van der Waals surface area contributed by atoms with Gasteiger partial charge in [0.15, 0.2) is 0 Å². The highest BCUT2D eigenvalue weighted by molar-refractivity contribution is 5.95. The van der Waals surface area contributed by atoms with Crippen LogP contribution in [0.5, 0.6) is 0 Å². The van der Waals surface area contributed by atoms with Gasteiger partial charge >= 0.3 is 5.97 Å². The average Bonchev–Trinajstić information content (AvgIpc) is 2.44. The number of rotatable bonds is 3. The van der Waals surface area contributed by atoms with E-state index in [-0.39, 0.29) is 12.2 Å². The van der Waals surface area contributed by atoms with Crippen LogP contribution in [0.3, 0.4) is 0 Å². The molecule has 0 fully saturated rings. The Morgan fingerprint density at radius 3 is 2.80 bits per heavy atom. The van der Waals surface area contributed by atoms with Gasteiger partial charge in [0, 0.05) is 18.5 Å². The molecule has 104 valence electrons. The van der Waals surface area contributed by atoms with Crippen LogP contribution in [0.1, 0.15) is 12.5 Å². The Kier molecular flexibility index (Phi) is 3.89. The van der Waals surface area contributed by atoms with E-state index < -0.39 is 11.7 Å². The number of benzene rings is 1. The number of hydrogen-bond donors (Lipinski definition) is 1. The lowest BCUT2D eigenvalue weighted by atomic mass is 10.1. The van der Waals surface area contributed by atoms with Crippen molar-refractivity contribution in [2.45, 2.75) is 6.92 Å². The molecule has 0 atom stereocenters. The zero-order valence-corrected chi connectivity index (χ0v) is 11.3. The molecule has 1 aromatic carbocycles. The zero-order chi connectivity index (χ0) is 14.7. The van der Waals surface area contributed by atoms with Gasteiger partial charge in [0.25, 0.3) is 5.56 Å². The number of aliphatic hydroxyl groups is 1. The first-order valence-electron chi connectivity index (χ1n) is 6.21. The summed E-state index contributed by atoms with van der Waals surface area (Å²) in [5.74, 6) is -1.33. The van der Waals surface area contributed by atoms with Gasteiger partial charge in [-0.15, -0.1) is 0 Å². The van der Waals surface area contributed by atoms with Gasteiger partial charge in [0.1, 0.15) is 0 Å². The van der Waals surface area contributed by atoms with Crippen molar-refractivity contribution in [2.75, 3.05) is 6.61 Å². The van der Waals surface area contributed by atoms with E-state index >= 15 is 0 Å². The Morgan fingerprint density at radius 1 is 1.40 bits per heavy atom. The summed E-state index contributed by atoms with van der Waals surface area (Å²) in [6.45, 7) is 1.83. The minimum atomic E-state index is -0.808. The van der Waals surface area contributed by atoms with Crippen LogP contribution in [-0.2, 0) is 16.6 Å². The number of fused-ring (bicyclic) bond motifs is 1. The maximum atomic E-state index is 11.9. The highest BCUT2D eigenvalue weighted by Crippen LogP contribution is 2.18. The van der Waals surface area contributed by atoms with Gasteiger partial charge < -0.3 is 14.4 Å². The predicted molar refractivity (Wildman–Crippen MR) is 76.4 cm³/mol. The topological polar surface area (TPSA) is 68.5 Å². The molecule has 1 heterocycles. The number of aliphatic hydroxyl groups excluding tert-OH is 1. The van der Waals surface area contributed by atoms with Gasteiger partial charge in [-0.2, -0.15) is 0 Å². The van der Waals surface area contributed by atoms with Crippen molar-refractivity contribution >= 4 is 22.9 Å². The summed E-state index contributed by atoms with van der Waals surface area (Å²) in [6.07, 6.45) is 1.25. The van der Waals surface area contributed by atoms with Crippen LogP contribution in [0.4, 0.5) is 0 Å². The first-order chi connectivity index (χ1) is 9.54. The summed E-state index contributed by atoms with van der Waals surface area (Å²) in [5, 5.41) is 10.5. The van der Waals surface area contributed by atoms with Crippen molar-refractivity contribution in [3.05, 3.63) is 52.0 Å². The summed E-state index contributed by atoms with van der Waals surface area (Å²) in [7, 11) is 1.67. The first-order valence-corrected chi connectivity index (χ1v) is 6.21. The second kappa shape index (κ2) is 5.61. The summed E-state index contributed by atoms with van der Waals surface area (Å²) in [6, 6.07) is 8.64. The van der Waals surface area contributed by atoms with Crippen LogP contribution in [0, 0.1) is 0 Å². The molecule has 0 aliphatic heterocycles. The zero-order valence-electron chi connectivity index (χ0n) is 11.3. The molecular weight excluding hydrogens is 258 g/mol. The highest BCUT2D eigenvalue weighted by Gasteiger charge is 2.10. The third-order valence-electron chi connectivity index (χ3n) is 2.96. The normalized spacial score (nSPS) is 11.6. The molecule has 5 nitrogen and oxygen atoms in total. The SMILES string of the molecule is CCOC(=O)C(O)=Cc1cc(=O)n(C)c2ccccc12. The number of aromatic nitrogens is 1. The fourth-order valence-corrected chi connectivity index (χ4v) is 1.97. The van der Waals surface area contributed by atoms with Crippen molar-refractivity contribution in [2.24, 2.45) is 7.05 Å². The van der Waals surface area contributed by atoms with Gasteiger partial charge in [-0.1, -0.05) is 18.2 Å². The minimum Gasteiger partial charge on any atom is -0.502 e. The number of nitrogens with zero attached hydrogens (tertiary/aromatic N) is 1. The van der Waals surface area contributed by atoms with Crippen molar-refractivity contribution < 1.29 is 14.6 Å². The number of aryl methyl sites for hydroxylation is 1. The van der Waals surface area contributed by atoms with Crippen molar-refractivity contribution in [1.82, 2.24) is 4.57 Å². The molecule has 5 heteroatoms. The molecule has 0 spiro atoms. The lowest BCUT2D eigenvalue weighted by Gasteiger charge is -2.07. The van der Waals surface area contributed by atoms with Crippen molar-refractivity contribution in [3.63, 3.8) is 0 Å². The van der Waals surface area contributed by atoms with E-state index in [2.05, 4.69) is 0 Å². The van der Waals surface area contributed by atoms with Crippen LogP contribution >= 0.6 is 0 Å². The van der Waals surface area contributed by atoms with E-state index in [1.165, 1.54) is 16.7 Å². The Bertz CT molecular complexity index is 743. The van der Waals surface area contributed by atoms with Gasteiger partial charge in [0.2, 0.25) is 5.76 Å². The molecule has 0 aliphatic carbocycles. The molecule has 2 aromatic rings. The molecule has 0 radical (unpaired) electrons. The lowest BCUT2D eigenvalue weighted by molar-refractivity contribution is -0.141. The van der Waals surface area contributed by atoms with Crippen LogP contribution in [0.25, 0.3) is 17.0 Å². The summed E-state index contributed by atoms with van der Waals surface area (Å²) >= 11 is 0. The second-order valence-corrected chi connectivity index (χ2v) is 4.26. The van der Waals surface area contributed by atoms with Crippen LogP contribution in [0.15, 0.2) is 40.9 Å². The molecule has 2 rings (SSSR count). The number of hydrogen-bond acceptors (Lipinski definition) is 4. The number of esters is 1. The molecule has 1 N–H and O–H groups in total. The molecule has 0 bridgehead atoms. The van der Waals surface area contributed by atoms with Crippen LogP contribution in [-0.4, -0.2) is 22.2 Å². The fraction of sp³-hybridized carbons (Fsp3) is 0.200. The quantitative estimate of drug-likeness (QED) is 0.527.